The molecular formula is C17H22N2O3. The normalized spacial score (nSPS) is 23.7. The molecule has 2 atom stereocenters. The summed E-state index contributed by atoms with van der Waals surface area (Å²) >= 11 is 0. The second-order valence-corrected chi connectivity index (χ2v) is 6.27. The van der Waals surface area contributed by atoms with Gasteiger partial charge in [0.1, 0.15) is 6.04 Å². The molecule has 0 aromatic heterocycles. The number of piperidine rings is 1. The second kappa shape index (κ2) is 6.48. The van der Waals surface area contributed by atoms with Crippen molar-refractivity contribution in [3.05, 3.63) is 35.9 Å². The Balaban J connectivity index is 1.80. The van der Waals surface area contributed by atoms with E-state index in [0.717, 1.165) is 31.4 Å². The van der Waals surface area contributed by atoms with Gasteiger partial charge in [0.15, 0.2) is 0 Å². The van der Waals surface area contributed by atoms with E-state index in [-0.39, 0.29) is 17.9 Å². The van der Waals surface area contributed by atoms with Gasteiger partial charge in [0.2, 0.25) is 5.91 Å². The number of carbonyl (C=O) groups excluding carboxylic acids is 1. The monoisotopic (exact) mass is 302 g/mol. The minimum absolute atomic E-state index is 0.000242. The Labute approximate surface area is 130 Å². The molecule has 22 heavy (non-hydrogen) atoms. The van der Waals surface area contributed by atoms with Gasteiger partial charge in [-0.2, -0.15) is 0 Å². The third-order valence-electron chi connectivity index (χ3n) is 4.45. The summed E-state index contributed by atoms with van der Waals surface area (Å²) in [7, 11) is 0. The highest BCUT2D eigenvalue weighted by Crippen LogP contribution is 2.29. The van der Waals surface area contributed by atoms with Crippen LogP contribution in [-0.4, -0.2) is 41.0 Å². The van der Waals surface area contributed by atoms with Gasteiger partial charge in [-0.25, -0.2) is 0 Å². The molecule has 1 saturated heterocycles. The molecule has 2 unspecified atom stereocenters. The van der Waals surface area contributed by atoms with Gasteiger partial charge in [0.05, 0.1) is 5.92 Å². The third kappa shape index (κ3) is 3.47. The summed E-state index contributed by atoms with van der Waals surface area (Å²) in [5, 5.41) is 12.3. The number of nitrogens with zero attached hydrogens (tertiary/aromatic N) is 1. The molecule has 1 amide bonds. The van der Waals surface area contributed by atoms with E-state index in [1.54, 1.807) is 0 Å². The van der Waals surface area contributed by atoms with Gasteiger partial charge >= 0.3 is 5.97 Å². The average Bonchev–Trinajstić information content (AvgIpc) is 3.33. The van der Waals surface area contributed by atoms with Crippen LogP contribution >= 0.6 is 0 Å². The van der Waals surface area contributed by atoms with E-state index in [1.165, 1.54) is 0 Å². The van der Waals surface area contributed by atoms with Crippen LogP contribution in [0.4, 0.5) is 0 Å². The molecule has 1 heterocycles. The number of rotatable bonds is 5. The standard InChI is InChI=1S/C17H22N2O3/c20-16(18-14-8-9-14)15(12-5-2-1-3-6-12)19-10-4-7-13(11-19)17(21)22/h1-3,5-6,13-15H,4,7-11H2,(H,18,20)(H,21,22). The Bertz CT molecular complexity index is 542. The van der Waals surface area contributed by atoms with Gasteiger partial charge in [-0.15, -0.1) is 0 Å². The van der Waals surface area contributed by atoms with E-state index in [2.05, 4.69) is 5.32 Å². The first-order chi connectivity index (χ1) is 10.6. The summed E-state index contributed by atoms with van der Waals surface area (Å²) in [6.45, 7) is 1.20. The van der Waals surface area contributed by atoms with Gasteiger partial charge in [0, 0.05) is 12.6 Å². The van der Waals surface area contributed by atoms with Crippen molar-refractivity contribution in [1.82, 2.24) is 10.2 Å². The van der Waals surface area contributed by atoms with Crippen LogP contribution in [0.15, 0.2) is 30.3 Å². The van der Waals surface area contributed by atoms with Crippen LogP contribution in [0.3, 0.4) is 0 Å². The van der Waals surface area contributed by atoms with Crippen LogP contribution in [0.1, 0.15) is 37.3 Å². The highest BCUT2D eigenvalue weighted by molar-refractivity contribution is 5.84. The van der Waals surface area contributed by atoms with E-state index >= 15 is 0 Å². The number of aliphatic carboxylic acids is 1. The van der Waals surface area contributed by atoms with Crippen LogP contribution < -0.4 is 5.32 Å². The van der Waals surface area contributed by atoms with E-state index in [9.17, 15) is 14.7 Å². The van der Waals surface area contributed by atoms with Gasteiger partial charge in [0.25, 0.3) is 0 Å². The Hall–Kier alpha value is -1.88. The number of hydrogen-bond donors (Lipinski definition) is 2. The van der Waals surface area contributed by atoms with Crippen LogP contribution in [0.25, 0.3) is 0 Å². The average molecular weight is 302 g/mol. The number of likely N-dealkylation sites (tertiary alicyclic amines) is 1. The number of amides is 1. The van der Waals surface area contributed by atoms with E-state index in [1.807, 2.05) is 35.2 Å². The van der Waals surface area contributed by atoms with Crippen LogP contribution in [0.5, 0.6) is 0 Å². The first-order valence-electron chi connectivity index (χ1n) is 7.97. The van der Waals surface area contributed by atoms with Gasteiger partial charge in [-0.1, -0.05) is 30.3 Å². The molecule has 5 heteroatoms. The molecule has 5 nitrogen and oxygen atoms in total. The molecular weight excluding hydrogens is 280 g/mol. The smallest absolute Gasteiger partial charge is 0.307 e. The lowest BCUT2D eigenvalue weighted by atomic mass is 9.94. The Morgan fingerprint density at radius 1 is 1.18 bits per heavy atom. The minimum atomic E-state index is -0.765. The summed E-state index contributed by atoms with van der Waals surface area (Å²) in [4.78, 5) is 26.0. The maximum absolute atomic E-state index is 12.7. The molecule has 3 rings (SSSR count). The van der Waals surface area contributed by atoms with Crippen molar-refractivity contribution in [2.75, 3.05) is 13.1 Å². The number of benzene rings is 1. The Kier molecular flexibility index (Phi) is 4.43. The maximum Gasteiger partial charge on any atom is 0.307 e. The molecule has 118 valence electrons. The number of hydrogen-bond acceptors (Lipinski definition) is 3. The van der Waals surface area contributed by atoms with Crippen molar-refractivity contribution >= 4 is 11.9 Å². The predicted molar refractivity (Wildman–Crippen MR) is 82.3 cm³/mol. The fourth-order valence-electron chi connectivity index (χ4n) is 3.11. The number of carbonyl (C=O) groups is 2. The maximum atomic E-state index is 12.7. The third-order valence-corrected chi connectivity index (χ3v) is 4.45. The van der Waals surface area contributed by atoms with Crippen molar-refractivity contribution in [2.24, 2.45) is 5.92 Å². The van der Waals surface area contributed by atoms with Crippen LogP contribution in [-0.2, 0) is 9.59 Å². The highest BCUT2D eigenvalue weighted by Gasteiger charge is 2.36. The summed E-state index contributed by atoms with van der Waals surface area (Å²) in [6.07, 6.45) is 3.60. The zero-order chi connectivity index (χ0) is 15.5. The second-order valence-electron chi connectivity index (χ2n) is 6.27. The van der Waals surface area contributed by atoms with E-state index < -0.39 is 5.97 Å². The minimum Gasteiger partial charge on any atom is -0.481 e. The fraction of sp³-hybridized carbons (Fsp3) is 0.529. The molecule has 0 radical (unpaired) electrons. The van der Waals surface area contributed by atoms with E-state index in [0.29, 0.717) is 19.0 Å². The molecule has 1 saturated carbocycles. The largest absolute Gasteiger partial charge is 0.481 e. The molecule has 2 aliphatic rings. The number of carboxylic acids is 1. The van der Waals surface area contributed by atoms with Gasteiger partial charge < -0.3 is 10.4 Å². The zero-order valence-electron chi connectivity index (χ0n) is 12.6. The first kappa shape index (κ1) is 15.0. The van der Waals surface area contributed by atoms with Crippen LogP contribution in [0.2, 0.25) is 0 Å². The lowest BCUT2D eigenvalue weighted by Gasteiger charge is -2.36. The summed E-state index contributed by atoms with van der Waals surface area (Å²) in [5.41, 5.74) is 0.937. The molecule has 1 aromatic carbocycles. The molecule has 1 aliphatic carbocycles. The molecule has 1 aliphatic heterocycles. The van der Waals surface area contributed by atoms with E-state index in [4.69, 9.17) is 0 Å². The lowest BCUT2D eigenvalue weighted by molar-refractivity contribution is -0.145. The van der Waals surface area contributed by atoms with Gasteiger partial charge in [-0.3, -0.25) is 14.5 Å². The highest BCUT2D eigenvalue weighted by atomic mass is 16.4. The number of nitrogens with one attached hydrogen (secondary N) is 1. The SMILES string of the molecule is O=C(O)C1CCCN(C(C(=O)NC2CC2)c2ccccc2)C1. The number of carboxylic acid groups (broad SMARTS) is 1. The molecule has 0 bridgehead atoms. The van der Waals surface area contributed by atoms with Crippen molar-refractivity contribution < 1.29 is 14.7 Å². The zero-order valence-corrected chi connectivity index (χ0v) is 12.6. The molecule has 2 N–H and O–H groups in total. The summed E-state index contributed by atoms with van der Waals surface area (Å²) < 4.78 is 0. The van der Waals surface area contributed by atoms with Crippen molar-refractivity contribution in [3.63, 3.8) is 0 Å². The first-order valence-corrected chi connectivity index (χ1v) is 7.97. The Morgan fingerprint density at radius 3 is 2.55 bits per heavy atom. The molecule has 0 spiro atoms. The summed E-state index contributed by atoms with van der Waals surface area (Å²) in [5.74, 6) is -1.15. The quantitative estimate of drug-likeness (QED) is 0.870. The summed E-state index contributed by atoms with van der Waals surface area (Å²) in [6, 6.07) is 9.58. The fourth-order valence-corrected chi connectivity index (χ4v) is 3.11. The Morgan fingerprint density at radius 2 is 1.91 bits per heavy atom. The molecule has 2 fully saturated rings. The lowest BCUT2D eigenvalue weighted by Crippen LogP contribution is -2.47. The predicted octanol–water partition coefficient (Wildman–Crippen LogP) is 1.80. The molecule has 1 aromatic rings. The van der Waals surface area contributed by atoms with Crippen LogP contribution in [0, 0.1) is 5.92 Å². The van der Waals surface area contributed by atoms with Gasteiger partial charge in [-0.05, 0) is 37.8 Å². The van der Waals surface area contributed by atoms with Crippen molar-refractivity contribution in [2.45, 2.75) is 37.8 Å². The topological polar surface area (TPSA) is 69.6 Å². The van der Waals surface area contributed by atoms with Crippen molar-refractivity contribution in [1.29, 1.82) is 0 Å². The van der Waals surface area contributed by atoms with Crippen molar-refractivity contribution in [3.8, 4) is 0 Å².